The van der Waals surface area contributed by atoms with E-state index < -0.39 is 17.6 Å². The van der Waals surface area contributed by atoms with Crippen molar-refractivity contribution >= 4 is 11.9 Å². The standard InChI is InChI=1S/C34H39NO6/c1-4-39-33(37)34(2)21-28-26(19-20-29(38-3)31(28)40-23-24-13-7-5-8-14-24)22-35(34)32(36)30(25-15-9-6-10-16-25)41-27-17-11-12-18-27/h5-10,13-16,19-20,27,30H,4,11-12,17-18,21-23H2,1-3H3. The first kappa shape index (κ1) is 28.7. The van der Waals surface area contributed by atoms with Crippen LogP contribution in [0.1, 0.15) is 67.9 Å². The predicted octanol–water partition coefficient (Wildman–Crippen LogP) is 6.18. The fraction of sp³-hybridized carbons (Fsp3) is 0.412. The summed E-state index contributed by atoms with van der Waals surface area (Å²) in [5, 5.41) is 0. The molecule has 0 aromatic heterocycles. The molecule has 7 nitrogen and oxygen atoms in total. The van der Waals surface area contributed by atoms with Gasteiger partial charge >= 0.3 is 5.97 Å². The third-order valence-corrected chi connectivity index (χ3v) is 8.15. The fourth-order valence-electron chi connectivity index (χ4n) is 5.88. The van der Waals surface area contributed by atoms with Gasteiger partial charge in [-0.1, -0.05) is 79.6 Å². The molecule has 0 saturated heterocycles. The van der Waals surface area contributed by atoms with E-state index in [1.807, 2.05) is 72.8 Å². The second-order valence-corrected chi connectivity index (χ2v) is 10.9. The highest BCUT2D eigenvalue weighted by molar-refractivity contribution is 5.91. The van der Waals surface area contributed by atoms with Crippen LogP contribution in [0.15, 0.2) is 72.8 Å². The molecule has 0 spiro atoms. The van der Waals surface area contributed by atoms with Gasteiger partial charge in [0.25, 0.3) is 5.91 Å². The Balaban J connectivity index is 1.53. The van der Waals surface area contributed by atoms with Gasteiger partial charge in [-0.25, -0.2) is 4.79 Å². The highest BCUT2D eigenvalue weighted by atomic mass is 16.5. The van der Waals surface area contributed by atoms with Crippen molar-refractivity contribution in [3.63, 3.8) is 0 Å². The van der Waals surface area contributed by atoms with Gasteiger partial charge in [0, 0.05) is 18.5 Å². The van der Waals surface area contributed by atoms with E-state index in [4.69, 9.17) is 18.9 Å². The minimum Gasteiger partial charge on any atom is -0.493 e. The SMILES string of the molecule is CCOC(=O)C1(C)Cc2c(ccc(OC)c2OCc2ccccc2)CN1C(=O)C(OC1CCCC1)c1ccccc1. The van der Waals surface area contributed by atoms with Gasteiger partial charge in [-0.15, -0.1) is 0 Å². The van der Waals surface area contributed by atoms with Gasteiger partial charge in [0.2, 0.25) is 0 Å². The first-order valence-corrected chi connectivity index (χ1v) is 14.5. The third-order valence-electron chi connectivity index (χ3n) is 8.15. The molecule has 41 heavy (non-hydrogen) atoms. The topological polar surface area (TPSA) is 74.3 Å². The van der Waals surface area contributed by atoms with Crippen molar-refractivity contribution in [2.45, 2.75) is 76.9 Å². The molecule has 1 aliphatic carbocycles. The monoisotopic (exact) mass is 557 g/mol. The van der Waals surface area contributed by atoms with Crippen LogP contribution >= 0.6 is 0 Å². The number of nitrogens with zero attached hydrogens (tertiary/aromatic N) is 1. The zero-order chi connectivity index (χ0) is 28.8. The van der Waals surface area contributed by atoms with E-state index in [2.05, 4.69) is 0 Å². The zero-order valence-electron chi connectivity index (χ0n) is 24.1. The average molecular weight is 558 g/mol. The van der Waals surface area contributed by atoms with Crippen LogP contribution in [0, 0.1) is 0 Å². The molecule has 0 bridgehead atoms. The second kappa shape index (κ2) is 12.8. The molecule has 1 fully saturated rings. The maximum atomic E-state index is 14.5. The molecule has 1 saturated carbocycles. The van der Waals surface area contributed by atoms with Gasteiger partial charge < -0.3 is 23.8 Å². The Morgan fingerprint density at radius 3 is 2.32 bits per heavy atom. The number of esters is 1. The van der Waals surface area contributed by atoms with Crippen molar-refractivity contribution < 1.29 is 28.5 Å². The van der Waals surface area contributed by atoms with Crippen molar-refractivity contribution in [3.05, 3.63) is 95.1 Å². The number of hydrogen-bond acceptors (Lipinski definition) is 6. The molecule has 2 atom stereocenters. The molecule has 0 N–H and O–H groups in total. The zero-order valence-corrected chi connectivity index (χ0v) is 24.1. The molecule has 2 aliphatic rings. The molecule has 3 aromatic carbocycles. The van der Waals surface area contributed by atoms with Crippen LogP contribution in [0.3, 0.4) is 0 Å². The summed E-state index contributed by atoms with van der Waals surface area (Å²) < 4.78 is 24.1. The average Bonchev–Trinajstić information content (AvgIpc) is 3.52. The Bertz CT molecular complexity index is 1340. The Kier molecular flexibility index (Phi) is 8.93. The number of benzene rings is 3. The lowest BCUT2D eigenvalue weighted by Gasteiger charge is -2.45. The van der Waals surface area contributed by atoms with E-state index in [-0.39, 0.29) is 31.6 Å². The maximum Gasteiger partial charge on any atom is 0.332 e. The Morgan fingerprint density at radius 1 is 0.976 bits per heavy atom. The molecule has 0 radical (unpaired) electrons. The number of hydrogen-bond donors (Lipinski definition) is 0. The van der Waals surface area contributed by atoms with E-state index in [1.165, 1.54) is 0 Å². The van der Waals surface area contributed by atoms with Crippen LogP contribution in [0.5, 0.6) is 11.5 Å². The molecule has 216 valence electrons. The van der Waals surface area contributed by atoms with Crippen LogP contribution in [0.4, 0.5) is 0 Å². The van der Waals surface area contributed by atoms with E-state index in [0.29, 0.717) is 18.1 Å². The van der Waals surface area contributed by atoms with Crippen LogP contribution in [0.2, 0.25) is 0 Å². The smallest absolute Gasteiger partial charge is 0.332 e. The van der Waals surface area contributed by atoms with Crippen molar-refractivity contribution in [1.29, 1.82) is 0 Å². The Hall–Kier alpha value is -3.84. The molecule has 1 aliphatic heterocycles. The van der Waals surface area contributed by atoms with E-state index in [1.54, 1.807) is 25.9 Å². The minimum atomic E-state index is -1.27. The van der Waals surface area contributed by atoms with Gasteiger partial charge in [0.05, 0.1) is 19.8 Å². The minimum absolute atomic E-state index is 0.0114. The summed E-state index contributed by atoms with van der Waals surface area (Å²) in [5.41, 5.74) is 2.26. The number of carbonyl (C=O) groups excluding carboxylic acids is 2. The normalized spacial score (nSPS) is 19.3. The first-order chi connectivity index (χ1) is 19.9. The summed E-state index contributed by atoms with van der Waals surface area (Å²) >= 11 is 0. The van der Waals surface area contributed by atoms with E-state index in [0.717, 1.165) is 47.9 Å². The molecule has 3 aromatic rings. The summed E-state index contributed by atoms with van der Waals surface area (Å²) in [7, 11) is 1.60. The van der Waals surface area contributed by atoms with Gasteiger partial charge in [-0.2, -0.15) is 0 Å². The van der Waals surface area contributed by atoms with Crippen molar-refractivity contribution in [3.8, 4) is 11.5 Å². The van der Waals surface area contributed by atoms with E-state index in [9.17, 15) is 9.59 Å². The number of methoxy groups -OCH3 is 1. The third kappa shape index (κ3) is 6.10. The molecular weight excluding hydrogens is 518 g/mol. The summed E-state index contributed by atoms with van der Waals surface area (Å²) in [6.45, 7) is 4.32. The number of fused-ring (bicyclic) bond motifs is 1. The van der Waals surface area contributed by atoms with Crippen molar-refractivity contribution in [1.82, 2.24) is 4.90 Å². The fourth-order valence-corrected chi connectivity index (χ4v) is 5.88. The molecule has 7 heteroatoms. The van der Waals surface area contributed by atoms with Crippen LogP contribution in [0.25, 0.3) is 0 Å². The summed E-state index contributed by atoms with van der Waals surface area (Å²) in [4.78, 5) is 29.8. The molecule has 2 unspecified atom stereocenters. The molecule has 1 heterocycles. The Morgan fingerprint density at radius 2 is 1.66 bits per heavy atom. The second-order valence-electron chi connectivity index (χ2n) is 10.9. The maximum absolute atomic E-state index is 14.5. The highest BCUT2D eigenvalue weighted by Gasteiger charge is 2.50. The lowest BCUT2D eigenvalue weighted by atomic mass is 9.82. The summed E-state index contributed by atoms with van der Waals surface area (Å²) in [6, 6.07) is 23.3. The molecule has 5 rings (SSSR count). The molecular formula is C34H39NO6. The first-order valence-electron chi connectivity index (χ1n) is 14.5. The van der Waals surface area contributed by atoms with Crippen LogP contribution in [-0.2, 0) is 38.6 Å². The lowest BCUT2D eigenvalue weighted by molar-refractivity contribution is -0.171. The van der Waals surface area contributed by atoms with Gasteiger partial charge in [-0.3, -0.25) is 4.79 Å². The van der Waals surface area contributed by atoms with E-state index >= 15 is 0 Å². The van der Waals surface area contributed by atoms with Gasteiger partial charge in [0.1, 0.15) is 12.1 Å². The number of carbonyl (C=O) groups is 2. The van der Waals surface area contributed by atoms with Crippen molar-refractivity contribution in [2.75, 3.05) is 13.7 Å². The number of ether oxygens (including phenoxy) is 4. The van der Waals surface area contributed by atoms with Crippen LogP contribution < -0.4 is 9.47 Å². The highest BCUT2D eigenvalue weighted by Crippen LogP contribution is 2.43. The summed E-state index contributed by atoms with van der Waals surface area (Å²) in [6.07, 6.45) is 3.45. The predicted molar refractivity (Wildman–Crippen MR) is 156 cm³/mol. The van der Waals surface area contributed by atoms with Crippen LogP contribution in [-0.4, -0.2) is 42.1 Å². The largest absolute Gasteiger partial charge is 0.493 e. The Labute approximate surface area is 242 Å². The molecule has 1 amide bonds. The quantitative estimate of drug-likeness (QED) is 0.277. The number of amides is 1. The lowest BCUT2D eigenvalue weighted by Crippen LogP contribution is -2.60. The number of rotatable bonds is 10. The van der Waals surface area contributed by atoms with Gasteiger partial charge in [-0.05, 0) is 49.4 Å². The van der Waals surface area contributed by atoms with Gasteiger partial charge in [0.15, 0.2) is 17.6 Å². The summed E-state index contributed by atoms with van der Waals surface area (Å²) in [5.74, 6) is 0.464. The van der Waals surface area contributed by atoms with Crippen molar-refractivity contribution in [2.24, 2.45) is 0 Å².